The standard InChI is InChI=1S/C19H17F3N2O2S/c20-19(21,22)17(26)9-24-8-15(12-2-1-3-13(7-12)18(23)27)14-5-4-11(10-25)6-16(14)24/h1-8,17,25-26H,9-10H2,(H2,23,27). The first-order valence-electron chi connectivity index (χ1n) is 8.08. The molecule has 0 amide bonds. The molecule has 0 radical (unpaired) electrons. The van der Waals surface area contributed by atoms with Crippen molar-refractivity contribution < 1.29 is 23.4 Å². The lowest BCUT2D eigenvalue weighted by Crippen LogP contribution is -2.32. The molecule has 2 aromatic carbocycles. The molecule has 0 bridgehead atoms. The Labute approximate surface area is 158 Å². The van der Waals surface area contributed by atoms with Crippen LogP contribution < -0.4 is 5.73 Å². The smallest absolute Gasteiger partial charge is 0.392 e. The summed E-state index contributed by atoms with van der Waals surface area (Å²) in [7, 11) is 0. The Morgan fingerprint density at radius 2 is 1.93 bits per heavy atom. The van der Waals surface area contributed by atoms with E-state index < -0.39 is 18.8 Å². The van der Waals surface area contributed by atoms with E-state index >= 15 is 0 Å². The normalized spacial score (nSPS) is 13.1. The van der Waals surface area contributed by atoms with Gasteiger partial charge in [0.2, 0.25) is 0 Å². The van der Waals surface area contributed by atoms with Gasteiger partial charge in [0.25, 0.3) is 0 Å². The van der Waals surface area contributed by atoms with E-state index in [9.17, 15) is 23.4 Å². The molecule has 0 aliphatic heterocycles. The highest BCUT2D eigenvalue weighted by molar-refractivity contribution is 7.80. The van der Waals surface area contributed by atoms with E-state index in [4.69, 9.17) is 18.0 Å². The summed E-state index contributed by atoms with van der Waals surface area (Å²) in [5, 5.41) is 19.5. The van der Waals surface area contributed by atoms with Crippen LogP contribution in [0.25, 0.3) is 22.0 Å². The lowest BCUT2D eigenvalue weighted by Gasteiger charge is -2.16. The molecule has 4 nitrogen and oxygen atoms in total. The average molecular weight is 394 g/mol. The van der Waals surface area contributed by atoms with Gasteiger partial charge in [-0.25, -0.2) is 0 Å². The van der Waals surface area contributed by atoms with Crippen LogP contribution in [0.1, 0.15) is 11.1 Å². The zero-order chi connectivity index (χ0) is 19.8. The number of hydrogen-bond acceptors (Lipinski definition) is 3. The second-order valence-corrected chi connectivity index (χ2v) is 6.65. The van der Waals surface area contributed by atoms with E-state index in [0.717, 1.165) is 5.56 Å². The van der Waals surface area contributed by atoms with Crippen LogP contribution in [0, 0.1) is 0 Å². The maximum atomic E-state index is 12.8. The van der Waals surface area contributed by atoms with Gasteiger partial charge in [0, 0.05) is 28.2 Å². The number of nitrogens with zero attached hydrogens (tertiary/aromatic N) is 1. The number of benzene rings is 2. The van der Waals surface area contributed by atoms with Crippen LogP contribution in [-0.2, 0) is 13.2 Å². The zero-order valence-electron chi connectivity index (χ0n) is 14.1. The summed E-state index contributed by atoms with van der Waals surface area (Å²) < 4.78 is 39.8. The maximum Gasteiger partial charge on any atom is 0.416 e. The topological polar surface area (TPSA) is 71.4 Å². The van der Waals surface area contributed by atoms with Crippen molar-refractivity contribution >= 4 is 28.1 Å². The lowest BCUT2D eigenvalue weighted by atomic mass is 10.0. The molecular formula is C19H17F3N2O2S. The molecule has 1 unspecified atom stereocenters. The molecule has 1 aromatic heterocycles. The van der Waals surface area contributed by atoms with Gasteiger partial charge >= 0.3 is 6.18 Å². The number of halogens is 3. The number of aliphatic hydroxyl groups is 2. The van der Waals surface area contributed by atoms with Crippen molar-refractivity contribution in [3.05, 3.63) is 59.8 Å². The summed E-state index contributed by atoms with van der Waals surface area (Å²) in [4.78, 5) is 0.218. The van der Waals surface area contributed by atoms with Gasteiger partial charge in [-0.2, -0.15) is 13.2 Å². The monoisotopic (exact) mass is 394 g/mol. The van der Waals surface area contributed by atoms with E-state index in [2.05, 4.69) is 0 Å². The Morgan fingerprint density at radius 3 is 2.56 bits per heavy atom. The van der Waals surface area contributed by atoms with Crippen molar-refractivity contribution in [1.82, 2.24) is 4.57 Å². The Kier molecular flexibility index (Phi) is 5.23. The van der Waals surface area contributed by atoms with Crippen molar-refractivity contribution in [1.29, 1.82) is 0 Å². The highest BCUT2D eigenvalue weighted by atomic mass is 32.1. The van der Waals surface area contributed by atoms with Gasteiger partial charge in [-0.3, -0.25) is 0 Å². The summed E-state index contributed by atoms with van der Waals surface area (Å²) in [5.74, 6) is 0. The van der Waals surface area contributed by atoms with Crippen molar-refractivity contribution in [3.8, 4) is 11.1 Å². The molecule has 4 N–H and O–H groups in total. The van der Waals surface area contributed by atoms with Crippen LogP contribution in [0.2, 0.25) is 0 Å². The minimum atomic E-state index is -4.73. The van der Waals surface area contributed by atoms with Crippen molar-refractivity contribution in [3.63, 3.8) is 0 Å². The number of alkyl halides is 3. The zero-order valence-corrected chi connectivity index (χ0v) is 14.9. The van der Waals surface area contributed by atoms with Crippen LogP contribution >= 0.6 is 12.2 Å². The quantitative estimate of drug-likeness (QED) is 0.581. The molecule has 27 heavy (non-hydrogen) atoms. The number of hydrogen-bond donors (Lipinski definition) is 3. The van der Waals surface area contributed by atoms with E-state index in [1.165, 1.54) is 4.57 Å². The first-order chi connectivity index (χ1) is 12.7. The first-order valence-corrected chi connectivity index (χ1v) is 8.49. The molecule has 0 fully saturated rings. The molecule has 8 heteroatoms. The molecular weight excluding hydrogens is 377 g/mol. The van der Waals surface area contributed by atoms with E-state index in [1.54, 1.807) is 48.7 Å². The molecule has 1 heterocycles. The third-order valence-electron chi connectivity index (χ3n) is 4.33. The predicted octanol–water partition coefficient (Wildman–Crippen LogP) is 3.36. The minimum absolute atomic E-state index is 0.218. The van der Waals surface area contributed by atoms with Crippen LogP contribution in [0.4, 0.5) is 13.2 Å². The molecule has 3 rings (SSSR count). The predicted molar refractivity (Wildman–Crippen MR) is 101 cm³/mol. The van der Waals surface area contributed by atoms with Crippen LogP contribution in [0.15, 0.2) is 48.7 Å². The van der Waals surface area contributed by atoms with Crippen molar-refractivity contribution in [2.75, 3.05) is 0 Å². The number of aromatic nitrogens is 1. The second kappa shape index (κ2) is 7.30. The Hall–Kier alpha value is -2.42. The Balaban J connectivity index is 2.16. The van der Waals surface area contributed by atoms with Gasteiger partial charge < -0.3 is 20.5 Å². The number of nitrogens with two attached hydrogens (primary N) is 1. The van der Waals surface area contributed by atoms with Gasteiger partial charge in [-0.05, 0) is 23.3 Å². The van der Waals surface area contributed by atoms with Crippen LogP contribution in [-0.4, -0.2) is 32.0 Å². The van der Waals surface area contributed by atoms with Gasteiger partial charge in [-0.1, -0.05) is 42.5 Å². The SMILES string of the molecule is NC(=S)c1cccc(-c2cn(CC(O)C(F)(F)F)c3cc(CO)ccc23)c1. The van der Waals surface area contributed by atoms with Crippen LogP contribution in [0.5, 0.6) is 0 Å². The fraction of sp³-hybridized carbons (Fsp3) is 0.211. The summed E-state index contributed by atoms with van der Waals surface area (Å²) in [6.45, 7) is -0.890. The summed E-state index contributed by atoms with van der Waals surface area (Å²) in [5.41, 5.74) is 8.78. The van der Waals surface area contributed by atoms with Crippen molar-refractivity contribution in [2.24, 2.45) is 5.73 Å². The third-order valence-corrected chi connectivity index (χ3v) is 4.57. The van der Waals surface area contributed by atoms with Gasteiger partial charge in [0.15, 0.2) is 6.10 Å². The van der Waals surface area contributed by atoms with Gasteiger partial charge in [0.1, 0.15) is 4.99 Å². The largest absolute Gasteiger partial charge is 0.416 e. The molecule has 0 aliphatic rings. The van der Waals surface area contributed by atoms with E-state index in [1.807, 2.05) is 0 Å². The maximum absolute atomic E-state index is 12.8. The van der Waals surface area contributed by atoms with Gasteiger partial charge in [-0.15, -0.1) is 0 Å². The molecule has 0 spiro atoms. The second-order valence-electron chi connectivity index (χ2n) is 6.21. The Bertz CT molecular complexity index is 998. The molecule has 142 valence electrons. The summed E-state index contributed by atoms with van der Waals surface area (Å²) in [6, 6.07) is 12.1. The number of rotatable bonds is 5. The highest BCUT2D eigenvalue weighted by Gasteiger charge is 2.38. The first kappa shape index (κ1) is 19.3. The molecule has 1 atom stereocenters. The number of aliphatic hydroxyl groups excluding tert-OH is 2. The number of thiocarbonyl (C=S) groups is 1. The Morgan fingerprint density at radius 1 is 1.19 bits per heavy atom. The fourth-order valence-electron chi connectivity index (χ4n) is 2.95. The van der Waals surface area contributed by atoms with E-state index in [0.29, 0.717) is 27.6 Å². The average Bonchev–Trinajstić information content (AvgIpc) is 2.98. The van der Waals surface area contributed by atoms with E-state index in [-0.39, 0.29) is 11.6 Å². The lowest BCUT2D eigenvalue weighted by molar-refractivity contribution is -0.207. The fourth-order valence-corrected chi connectivity index (χ4v) is 3.07. The summed E-state index contributed by atoms with van der Waals surface area (Å²) >= 11 is 4.99. The molecule has 0 saturated carbocycles. The third kappa shape index (κ3) is 3.97. The highest BCUT2D eigenvalue weighted by Crippen LogP contribution is 2.33. The van der Waals surface area contributed by atoms with Crippen LogP contribution in [0.3, 0.4) is 0 Å². The molecule has 3 aromatic rings. The summed E-state index contributed by atoms with van der Waals surface area (Å²) in [6.07, 6.45) is -5.67. The van der Waals surface area contributed by atoms with Crippen molar-refractivity contribution in [2.45, 2.75) is 25.4 Å². The minimum Gasteiger partial charge on any atom is -0.392 e. The molecule has 0 saturated heterocycles. The number of fused-ring (bicyclic) bond motifs is 1. The van der Waals surface area contributed by atoms with Gasteiger partial charge in [0.05, 0.1) is 13.2 Å². The molecule has 0 aliphatic carbocycles.